The molecule has 1 aliphatic carbocycles. The van der Waals surface area contributed by atoms with Crippen molar-refractivity contribution in [2.75, 3.05) is 11.9 Å². The van der Waals surface area contributed by atoms with Gasteiger partial charge >= 0.3 is 5.97 Å². The molecule has 1 N–H and O–H groups in total. The van der Waals surface area contributed by atoms with Gasteiger partial charge in [0.05, 0.1) is 35.4 Å². The zero-order valence-electron chi connectivity index (χ0n) is 12.9. The number of hydrogen-bond acceptors (Lipinski definition) is 5. The van der Waals surface area contributed by atoms with Gasteiger partial charge < -0.3 is 10.1 Å². The molecular weight excluding hydrogens is 314 g/mol. The number of halogens is 1. The van der Waals surface area contributed by atoms with Gasteiger partial charge in [-0.2, -0.15) is 0 Å². The van der Waals surface area contributed by atoms with E-state index in [4.69, 9.17) is 16.3 Å². The molecule has 23 heavy (non-hydrogen) atoms. The molecule has 0 amide bonds. The van der Waals surface area contributed by atoms with Crippen molar-refractivity contribution in [1.82, 2.24) is 9.97 Å². The van der Waals surface area contributed by atoms with Crippen molar-refractivity contribution in [3.05, 3.63) is 46.5 Å². The molecular formula is C17H18ClN3O2. The summed E-state index contributed by atoms with van der Waals surface area (Å²) in [5.41, 5.74) is 4.27. The fourth-order valence-corrected chi connectivity index (χ4v) is 3.04. The van der Waals surface area contributed by atoms with E-state index in [1.165, 1.54) is 0 Å². The van der Waals surface area contributed by atoms with E-state index in [-0.39, 0.29) is 5.97 Å². The quantitative estimate of drug-likeness (QED) is 0.860. The number of fused-ring (bicyclic) bond motifs is 1. The van der Waals surface area contributed by atoms with E-state index in [1.54, 1.807) is 25.5 Å². The Kier molecular flexibility index (Phi) is 4.76. The summed E-state index contributed by atoms with van der Waals surface area (Å²) in [4.78, 5) is 20.5. The molecule has 0 aromatic carbocycles. The van der Waals surface area contributed by atoms with Crippen molar-refractivity contribution in [2.24, 2.45) is 0 Å². The third kappa shape index (κ3) is 3.45. The molecule has 5 nitrogen and oxygen atoms in total. The first-order chi connectivity index (χ1) is 11.2. The van der Waals surface area contributed by atoms with Crippen LogP contribution >= 0.6 is 11.6 Å². The molecule has 2 aromatic heterocycles. The summed E-state index contributed by atoms with van der Waals surface area (Å²) in [6.07, 6.45) is 8.91. The van der Waals surface area contributed by atoms with Gasteiger partial charge in [0.25, 0.3) is 0 Å². The van der Waals surface area contributed by atoms with Gasteiger partial charge in [-0.15, -0.1) is 0 Å². The Morgan fingerprint density at radius 3 is 2.78 bits per heavy atom. The van der Waals surface area contributed by atoms with Crippen LogP contribution in [0.5, 0.6) is 0 Å². The summed E-state index contributed by atoms with van der Waals surface area (Å²) < 4.78 is 5.12. The van der Waals surface area contributed by atoms with Gasteiger partial charge in [-0.1, -0.05) is 11.6 Å². The number of esters is 1. The van der Waals surface area contributed by atoms with Crippen LogP contribution in [0.3, 0.4) is 0 Å². The van der Waals surface area contributed by atoms with Crippen molar-refractivity contribution in [2.45, 2.75) is 32.6 Å². The first-order valence-electron chi connectivity index (χ1n) is 7.74. The summed E-state index contributed by atoms with van der Waals surface area (Å²) >= 11 is 5.98. The Bertz CT molecular complexity index is 734. The largest absolute Gasteiger partial charge is 0.461 e. The number of ether oxygens (including phenoxy) is 1. The fraction of sp³-hybridized carbons (Fsp3) is 0.353. The maximum atomic E-state index is 12.1. The molecule has 0 spiro atoms. The lowest BCUT2D eigenvalue weighted by molar-refractivity contribution is 0.0517. The second kappa shape index (κ2) is 6.96. The molecule has 0 aliphatic heterocycles. The summed E-state index contributed by atoms with van der Waals surface area (Å²) in [5.74, 6) is -0.346. The number of nitrogens with one attached hydrogen (secondary N) is 1. The first kappa shape index (κ1) is 15.7. The highest BCUT2D eigenvalue weighted by atomic mass is 35.5. The van der Waals surface area contributed by atoms with Crippen LogP contribution in [0.4, 0.5) is 11.4 Å². The normalized spacial score (nSPS) is 13.3. The minimum atomic E-state index is -0.346. The summed E-state index contributed by atoms with van der Waals surface area (Å²) in [5, 5.41) is 3.88. The third-order valence-electron chi connectivity index (χ3n) is 3.85. The zero-order valence-corrected chi connectivity index (χ0v) is 13.7. The van der Waals surface area contributed by atoms with E-state index in [2.05, 4.69) is 15.3 Å². The average Bonchev–Trinajstić information content (AvgIpc) is 2.55. The molecule has 0 bridgehead atoms. The lowest BCUT2D eigenvalue weighted by atomic mass is 9.89. The van der Waals surface area contributed by atoms with E-state index in [1.807, 2.05) is 6.07 Å². The first-order valence-corrected chi connectivity index (χ1v) is 8.12. The summed E-state index contributed by atoms with van der Waals surface area (Å²) in [6.45, 7) is 2.15. The standard InChI is InChI=1S/C17H18ClN3O2/c1-2-23-17(22)16-14-6-4-3-5-13(14)15(10-20-16)21-12-7-11(18)8-19-9-12/h7-10,21H,2-6H2,1H3. The van der Waals surface area contributed by atoms with Crippen LogP contribution in [0, 0.1) is 0 Å². The zero-order chi connectivity index (χ0) is 16.2. The Labute approximate surface area is 140 Å². The van der Waals surface area contributed by atoms with Crippen LogP contribution in [0.15, 0.2) is 24.7 Å². The van der Waals surface area contributed by atoms with E-state index in [0.717, 1.165) is 48.2 Å². The molecule has 0 radical (unpaired) electrons. The topological polar surface area (TPSA) is 64.1 Å². The monoisotopic (exact) mass is 331 g/mol. The Morgan fingerprint density at radius 1 is 1.26 bits per heavy atom. The van der Waals surface area contributed by atoms with Crippen LogP contribution in [-0.4, -0.2) is 22.5 Å². The molecule has 0 unspecified atom stereocenters. The lowest BCUT2D eigenvalue weighted by Crippen LogP contribution is -2.16. The van der Waals surface area contributed by atoms with Gasteiger partial charge in [0.2, 0.25) is 0 Å². The fourth-order valence-electron chi connectivity index (χ4n) is 2.87. The van der Waals surface area contributed by atoms with Crippen molar-refractivity contribution in [3.8, 4) is 0 Å². The number of anilines is 2. The predicted octanol–water partition coefficient (Wildman–Crippen LogP) is 3.93. The Balaban J connectivity index is 1.97. The van der Waals surface area contributed by atoms with Gasteiger partial charge in [0.1, 0.15) is 0 Å². The van der Waals surface area contributed by atoms with Gasteiger partial charge in [0, 0.05) is 6.20 Å². The number of pyridine rings is 2. The number of aromatic nitrogens is 2. The molecule has 0 fully saturated rings. The minimum absolute atomic E-state index is 0.346. The van der Waals surface area contributed by atoms with Crippen molar-refractivity contribution in [1.29, 1.82) is 0 Å². The lowest BCUT2D eigenvalue weighted by Gasteiger charge is -2.22. The molecule has 1 aliphatic rings. The maximum absolute atomic E-state index is 12.1. The maximum Gasteiger partial charge on any atom is 0.357 e. The Morgan fingerprint density at radius 2 is 2.04 bits per heavy atom. The van der Waals surface area contributed by atoms with Gasteiger partial charge in [-0.3, -0.25) is 4.98 Å². The van der Waals surface area contributed by atoms with Crippen LogP contribution in [0.2, 0.25) is 5.02 Å². The molecule has 0 atom stereocenters. The average molecular weight is 332 g/mol. The van der Waals surface area contributed by atoms with Crippen LogP contribution < -0.4 is 5.32 Å². The SMILES string of the molecule is CCOC(=O)c1ncc(Nc2cncc(Cl)c2)c2c1CCCC2. The van der Waals surface area contributed by atoms with Gasteiger partial charge in [-0.25, -0.2) is 9.78 Å². The number of rotatable bonds is 4. The number of hydrogen-bond donors (Lipinski definition) is 1. The number of carbonyl (C=O) groups excluding carboxylic acids is 1. The van der Waals surface area contributed by atoms with E-state index < -0.39 is 0 Å². The number of carbonyl (C=O) groups is 1. The van der Waals surface area contributed by atoms with Crippen LogP contribution in [-0.2, 0) is 17.6 Å². The molecule has 2 heterocycles. The van der Waals surface area contributed by atoms with Gasteiger partial charge in [-0.05, 0) is 49.8 Å². The minimum Gasteiger partial charge on any atom is -0.461 e. The van der Waals surface area contributed by atoms with E-state index in [0.29, 0.717) is 17.3 Å². The molecule has 0 saturated carbocycles. The van der Waals surface area contributed by atoms with Crippen LogP contribution in [0.1, 0.15) is 41.4 Å². The van der Waals surface area contributed by atoms with E-state index in [9.17, 15) is 4.79 Å². The summed E-state index contributed by atoms with van der Waals surface area (Å²) in [6, 6.07) is 1.81. The molecule has 3 rings (SSSR count). The number of nitrogens with zero attached hydrogens (tertiary/aromatic N) is 2. The second-order valence-corrected chi connectivity index (χ2v) is 5.86. The highest BCUT2D eigenvalue weighted by Gasteiger charge is 2.23. The third-order valence-corrected chi connectivity index (χ3v) is 4.06. The Hall–Kier alpha value is -2.14. The van der Waals surface area contributed by atoms with Crippen molar-refractivity contribution in [3.63, 3.8) is 0 Å². The van der Waals surface area contributed by atoms with Crippen LogP contribution in [0.25, 0.3) is 0 Å². The van der Waals surface area contributed by atoms with E-state index >= 15 is 0 Å². The molecule has 0 saturated heterocycles. The molecule has 2 aromatic rings. The smallest absolute Gasteiger partial charge is 0.357 e. The highest BCUT2D eigenvalue weighted by molar-refractivity contribution is 6.30. The van der Waals surface area contributed by atoms with Crippen molar-refractivity contribution < 1.29 is 9.53 Å². The van der Waals surface area contributed by atoms with Gasteiger partial charge in [0.15, 0.2) is 5.69 Å². The molecule has 6 heteroatoms. The second-order valence-electron chi connectivity index (χ2n) is 5.42. The highest BCUT2D eigenvalue weighted by Crippen LogP contribution is 2.31. The molecule has 120 valence electrons. The van der Waals surface area contributed by atoms with Crippen molar-refractivity contribution >= 4 is 28.9 Å². The predicted molar refractivity (Wildman–Crippen MR) is 89.4 cm³/mol. The summed E-state index contributed by atoms with van der Waals surface area (Å²) in [7, 11) is 0.